The number of ketones is 1. The van der Waals surface area contributed by atoms with Gasteiger partial charge < -0.3 is 4.74 Å². The lowest BCUT2D eigenvalue weighted by atomic mass is 9.86. The largest absolute Gasteiger partial charge is 0.450 e. The number of aryl methyl sites for hydroxylation is 1. The molecule has 0 amide bonds. The van der Waals surface area contributed by atoms with Crippen molar-refractivity contribution < 1.29 is 22.7 Å². The van der Waals surface area contributed by atoms with E-state index in [9.17, 15) is 18.0 Å². The second kappa shape index (κ2) is 5.33. The first-order chi connectivity index (χ1) is 8.89. The molecule has 2 atom stereocenters. The minimum absolute atomic E-state index is 0.219. The van der Waals surface area contributed by atoms with Gasteiger partial charge in [-0.1, -0.05) is 29.8 Å². The molecule has 0 aromatic heterocycles. The Bertz CT molecular complexity index is 451. The van der Waals surface area contributed by atoms with Crippen molar-refractivity contribution in [1.82, 2.24) is 0 Å². The lowest BCUT2D eigenvalue weighted by molar-refractivity contribution is -0.183. The van der Waals surface area contributed by atoms with Crippen LogP contribution in [0.4, 0.5) is 13.2 Å². The molecular weight excluding hydrogens is 257 g/mol. The molecule has 19 heavy (non-hydrogen) atoms. The summed E-state index contributed by atoms with van der Waals surface area (Å²) in [5.41, 5.74) is 1.64. The molecule has 1 saturated heterocycles. The Hall–Kier alpha value is -1.36. The van der Waals surface area contributed by atoms with Crippen molar-refractivity contribution in [3.05, 3.63) is 35.4 Å². The van der Waals surface area contributed by atoms with Gasteiger partial charge in [0.25, 0.3) is 0 Å². The van der Waals surface area contributed by atoms with Gasteiger partial charge in [0.2, 0.25) is 5.78 Å². The van der Waals surface area contributed by atoms with Crippen LogP contribution in [-0.4, -0.2) is 18.6 Å². The van der Waals surface area contributed by atoms with Gasteiger partial charge in [-0.2, -0.15) is 13.2 Å². The second-order valence-electron chi connectivity index (χ2n) is 4.81. The lowest BCUT2D eigenvalue weighted by Gasteiger charge is -2.31. The molecule has 0 saturated carbocycles. The molecule has 2 nitrogen and oxygen atoms in total. The van der Waals surface area contributed by atoms with Crippen LogP contribution in [0.25, 0.3) is 0 Å². The van der Waals surface area contributed by atoms with Crippen molar-refractivity contribution in [1.29, 1.82) is 0 Å². The third-order valence-corrected chi connectivity index (χ3v) is 3.34. The van der Waals surface area contributed by atoms with E-state index in [-0.39, 0.29) is 6.42 Å². The van der Waals surface area contributed by atoms with Crippen molar-refractivity contribution in [3.8, 4) is 0 Å². The maximum Gasteiger partial charge on any atom is 0.450 e. The topological polar surface area (TPSA) is 26.3 Å². The highest BCUT2D eigenvalue weighted by molar-refractivity contribution is 5.87. The Kier molecular flexibility index (Phi) is 3.94. The van der Waals surface area contributed by atoms with E-state index < -0.39 is 24.0 Å². The number of halogens is 3. The zero-order chi connectivity index (χ0) is 14.0. The summed E-state index contributed by atoms with van der Waals surface area (Å²) in [6, 6.07) is 7.06. The van der Waals surface area contributed by atoms with Gasteiger partial charge in [0.05, 0.1) is 12.0 Å². The number of ether oxygens (including phenoxy) is 1. The van der Waals surface area contributed by atoms with Crippen molar-refractivity contribution in [2.45, 2.75) is 32.0 Å². The Morgan fingerprint density at radius 3 is 2.47 bits per heavy atom. The van der Waals surface area contributed by atoms with Crippen LogP contribution in [0.2, 0.25) is 0 Å². The fourth-order valence-corrected chi connectivity index (χ4v) is 2.34. The molecule has 0 unspecified atom stereocenters. The molecule has 5 heteroatoms. The van der Waals surface area contributed by atoms with E-state index in [1.165, 1.54) is 0 Å². The molecule has 0 spiro atoms. The van der Waals surface area contributed by atoms with Crippen LogP contribution in [0.3, 0.4) is 0 Å². The molecule has 0 aliphatic carbocycles. The van der Waals surface area contributed by atoms with Gasteiger partial charge >= 0.3 is 6.18 Å². The summed E-state index contributed by atoms with van der Waals surface area (Å²) >= 11 is 0. The maximum absolute atomic E-state index is 12.6. The number of hydrogen-bond acceptors (Lipinski definition) is 2. The number of carbonyl (C=O) groups is 1. The Labute approximate surface area is 109 Å². The maximum atomic E-state index is 12.6. The average Bonchev–Trinajstić information content (AvgIpc) is 2.38. The molecule has 1 aliphatic heterocycles. The van der Waals surface area contributed by atoms with E-state index in [4.69, 9.17) is 4.74 Å². The van der Waals surface area contributed by atoms with Crippen LogP contribution in [0.1, 0.15) is 30.1 Å². The molecular formula is C14H15F3O2. The first-order valence-electron chi connectivity index (χ1n) is 6.19. The number of alkyl halides is 3. The van der Waals surface area contributed by atoms with E-state index in [1.807, 2.05) is 19.1 Å². The highest BCUT2D eigenvalue weighted by Crippen LogP contribution is 2.38. The smallest absolute Gasteiger partial charge is 0.373 e. The van der Waals surface area contributed by atoms with Crippen LogP contribution in [-0.2, 0) is 9.53 Å². The van der Waals surface area contributed by atoms with Crippen LogP contribution in [0.5, 0.6) is 0 Å². The molecule has 2 rings (SSSR count). The second-order valence-corrected chi connectivity index (χ2v) is 4.81. The van der Waals surface area contributed by atoms with Crippen molar-refractivity contribution in [2.75, 3.05) is 6.61 Å². The van der Waals surface area contributed by atoms with Gasteiger partial charge in [0.1, 0.15) is 0 Å². The zero-order valence-corrected chi connectivity index (χ0v) is 10.5. The van der Waals surface area contributed by atoms with E-state index in [0.29, 0.717) is 18.6 Å². The highest BCUT2D eigenvalue weighted by Gasteiger charge is 2.47. The summed E-state index contributed by atoms with van der Waals surface area (Å²) in [4.78, 5) is 11.5. The molecule has 1 aliphatic rings. The average molecular weight is 272 g/mol. The number of benzene rings is 1. The first kappa shape index (κ1) is 14.1. The van der Waals surface area contributed by atoms with Gasteiger partial charge in [-0.15, -0.1) is 0 Å². The first-order valence-corrected chi connectivity index (χ1v) is 6.19. The monoisotopic (exact) mass is 272 g/mol. The summed E-state index contributed by atoms with van der Waals surface area (Å²) < 4.78 is 43.2. The molecule has 1 heterocycles. The molecule has 0 N–H and O–H groups in total. The quantitative estimate of drug-likeness (QED) is 0.822. The molecule has 104 valence electrons. The molecule has 1 fully saturated rings. The van der Waals surface area contributed by atoms with E-state index in [0.717, 1.165) is 5.56 Å². The molecule has 0 radical (unpaired) electrons. The standard InChI is InChI=1S/C14H15F3O2/c1-9-4-6-10(7-5-9)12-11(3-2-8-19-12)13(18)14(15,16)17/h4-7,11-12H,2-3,8H2,1H3/t11-,12-/m1/s1. The van der Waals surface area contributed by atoms with Gasteiger partial charge in [0, 0.05) is 6.61 Å². The van der Waals surface area contributed by atoms with E-state index in [2.05, 4.69) is 0 Å². The van der Waals surface area contributed by atoms with Crippen LogP contribution >= 0.6 is 0 Å². The normalized spacial score (nSPS) is 24.2. The van der Waals surface area contributed by atoms with Crippen LogP contribution in [0, 0.1) is 12.8 Å². The van der Waals surface area contributed by atoms with Crippen molar-refractivity contribution in [2.24, 2.45) is 5.92 Å². The molecule has 1 aromatic rings. The zero-order valence-electron chi connectivity index (χ0n) is 10.5. The fourth-order valence-electron chi connectivity index (χ4n) is 2.34. The summed E-state index contributed by atoms with van der Waals surface area (Å²) in [6.45, 7) is 2.28. The van der Waals surface area contributed by atoms with Crippen LogP contribution < -0.4 is 0 Å². The Morgan fingerprint density at radius 2 is 1.89 bits per heavy atom. The van der Waals surface area contributed by atoms with Gasteiger partial charge in [-0.25, -0.2) is 0 Å². The number of rotatable bonds is 2. The summed E-state index contributed by atoms with van der Waals surface area (Å²) in [5.74, 6) is -2.81. The highest BCUT2D eigenvalue weighted by atomic mass is 19.4. The Morgan fingerprint density at radius 1 is 1.26 bits per heavy atom. The van der Waals surface area contributed by atoms with E-state index in [1.54, 1.807) is 12.1 Å². The predicted octanol–water partition coefficient (Wildman–Crippen LogP) is 3.59. The lowest BCUT2D eigenvalue weighted by Crippen LogP contribution is -2.37. The summed E-state index contributed by atoms with van der Waals surface area (Å²) in [6.07, 6.45) is -4.89. The van der Waals surface area contributed by atoms with Crippen molar-refractivity contribution >= 4 is 5.78 Å². The van der Waals surface area contributed by atoms with E-state index >= 15 is 0 Å². The third kappa shape index (κ3) is 3.15. The van der Waals surface area contributed by atoms with Gasteiger partial charge in [0.15, 0.2) is 0 Å². The minimum Gasteiger partial charge on any atom is -0.373 e. The number of carbonyl (C=O) groups excluding carboxylic acids is 1. The molecule has 1 aromatic carbocycles. The minimum atomic E-state index is -4.80. The summed E-state index contributed by atoms with van der Waals surface area (Å²) in [7, 11) is 0. The Balaban J connectivity index is 2.26. The third-order valence-electron chi connectivity index (χ3n) is 3.34. The van der Waals surface area contributed by atoms with Gasteiger partial charge in [-0.3, -0.25) is 4.79 Å². The van der Waals surface area contributed by atoms with Gasteiger partial charge in [-0.05, 0) is 25.3 Å². The van der Waals surface area contributed by atoms with Crippen LogP contribution in [0.15, 0.2) is 24.3 Å². The number of hydrogen-bond donors (Lipinski definition) is 0. The van der Waals surface area contributed by atoms with Crippen molar-refractivity contribution in [3.63, 3.8) is 0 Å². The summed E-state index contributed by atoms with van der Waals surface area (Å²) in [5, 5.41) is 0. The predicted molar refractivity (Wildman–Crippen MR) is 63.7 cm³/mol. The number of Topliss-reactive ketones (excluding diaryl/α,β-unsaturated/α-hetero) is 1. The molecule has 0 bridgehead atoms. The fraction of sp³-hybridized carbons (Fsp3) is 0.500. The SMILES string of the molecule is Cc1ccc([C@H]2OCCC[C@H]2C(=O)C(F)(F)F)cc1.